The lowest BCUT2D eigenvalue weighted by Crippen LogP contribution is -2.02. The number of phenolic OH excluding ortho intramolecular Hbond substituents is 1. The van der Waals surface area contributed by atoms with Gasteiger partial charge in [-0.3, -0.25) is 0 Å². The number of phenols is 1. The first-order valence-electron chi connectivity index (χ1n) is 5.51. The van der Waals surface area contributed by atoms with E-state index in [1.54, 1.807) is 23.9 Å². The van der Waals surface area contributed by atoms with Crippen LogP contribution in [0.2, 0.25) is 0 Å². The molecule has 0 amide bonds. The predicted octanol–water partition coefficient (Wildman–Crippen LogP) is 2.01. The Morgan fingerprint density at radius 1 is 1.29 bits per heavy atom. The largest absolute Gasteiger partial charge is 0.508 e. The molecule has 3 rings (SSSR count). The average Bonchev–Trinajstić information content (AvgIpc) is 3.08. The monoisotopic (exact) mass is 248 g/mol. The first-order valence-corrected chi connectivity index (χ1v) is 6.50. The van der Waals surface area contributed by atoms with Gasteiger partial charge in [-0.15, -0.1) is 16.9 Å². The van der Waals surface area contributed by atoms with Gasteiger partial charge in [-0.05, 0) is 47.5 Å². The Morgan fingerprint density at radius 2 is 2.06 bits per heavy atom. The van der Waals surface area contributed by atoms with Crippen LogP contribution in [0.15, 0.2) is 29.2 Å². The molecule has 17 heavy (non-hydrogen) atoms. The zero-order chi connectivity index (χ0) is 11.7. The Balaban J connectivity index is 1.67. The molecule has 1 aliphatic carbocycles. The molecule has 2 aromatic rings. The molecule has 0 spiro atoms. The van der Waals surface area contributed by atoms with Gasteiger partial charge in [0.2, 0.25) is 0 Å². The van der Waals surface area contributed by atoms with Gasteiger partial charge in [0.15, 0.2) is 5.82 Å². The summed E-state index contributed by atoms with van der Waals surface area (Å²) in [5.74, 6) is 1.97. The van der Waals surface area contributed by atoms with Gasteiger partial charge in [-0.1, -0.05) is 0 Å². The zero-order valence-corrected chi connectivity index (χ0v) is 9.97. The molecule has 0 unspecified atom stereocenters. The molecule has 5 nitrogen and oxygen atoms in total. The molecule has 6 heteroatoms. The second kappa shape index (κ2) is 4.37. The van der Waals surface area contributed by atoms with Crippen LogP contribution in [0.1, 0.15) is 24.7 Å². The Hall–Kier alpha value is -1.56. The minimum atomic E-state index is 0.289. The number of tetrazole rings is 1. The summed E-state index contributed by atoms with van der Waals surface area (Å²) in [5.41, 5.74) is 0. The third kappa shape index (κ3) is 2.41. The SMILES string of the molecule is Oc1ccc(SCc2nnnn2C2CC2)cc1. The van der Waals surface area contributed by atoms with Gasteiger partial charge < -0.3 is 5.11 Å². The molecule has 1 saturated carbocycles. The summed E-state index contributed by atoms with van der Waals surface area (Å²) in [6.45, 7) is 0. The highest BCUT2D eigenvalue weighted by Crippen LogP contribution is 2.35. The lowest BCUT2D eigenvalue weighted by molar-refractivity contribution is 0.475. The Kier molecular flexibility index (Phi) is 2.72. The van der Waals surface area contributed by atoms with Gasteiger partial charge in [0, 0.05) is 4.90 Å². The molecule has 1 heterocycles. The van der Waals surface area contributed by atoms with Crippen LogP contribution in [0.25, 0.3) is 0 Å². The van der Waals surface area contributed by atoms with Gasteiger partial charge in [0.25, 0.3) is 0 Å². The number of hydrogen-bond donors (Lipinski definition) is 1. The van der Waals surface area contributed by atoms with E-state index in [1.165, 1.54) is 12.8 Å². The lowest BCUT2D eigenvalue weighted by atomic mass is 10.3. The van der Waals surface area contributed by atoms with Crippen molar-refractivity contribution in [2.45, 2.75) is 29.5 Å². The Morgan fingerprint density at radius 3 is 2.76 bits per heavy atom. The van der Waals surface area contributed by atoms with E-state index in [0.717, 1.165) is 16.5 Å². The van der Waals surface area contributed by atoms with Gasteiger partial charge in [-0.25, -0.2) is 4.68 Å². The highest BCUT2D eigenvalue weighted by atomic mass is 32.2. The topological polar surface area (TPSA) is 63.8 Å². The maximum atomic E-state index is 9.19. The van der Waals surface area contributed by atoms with E-state index in [0.29, 0.717) is 6.04 Å². The van der Waals surface area contributed by atoms with Crippen molar-refractivity contribution in [1.82, 2.24) is 20.2 Å². The van der Waals surface area contributed by atoms with Crippen molar-refractivity contribution in [3.63, 3.8) is 0 Å². The summed E-state index contributed by atoms with van der Waals surface area (Å²) in [7, 11) is 0. The molecule has 0 radical (unpaired) electrons. The van der Waals surface area contributed by atoms with Gasteiger partial charge in [0.05, 0.1) is 11.8 Å². The third-order valence-corrected chi connectivity index (χ3v) is 3.67. The van der Waals surface area contributed by atoms with Crippen LogP contribution in [-0.4, -0.2) is 25.3 Å². The molecule has 0 bridgehead atoms. The van der Waals surface area contributed by atoms with Gasteiger partial charge in [-0.2, -0.15) is 0 Å². The molecular weight excluding hydrogens is 236 g/mol. The van der Waals surface area contributed by atoms with E-state index in [-0.39, 0.29) is 5.75 Å². The lowest BCUT2D eigenvalue weighted by Gasteiger charge is -2.02. The van der Waals surface area contributed by atoms with Crippen molar-refractivity contribution in [2.75, 3.05) is 0 Å². The summed E-state index contributed by atoms with van der Waals surface area (Å²) < 4.78 is 1.92. The molecule has 0 saturated heterocycles. The highest BCUT2D eigenvalue weighted by molar-refractivity contribution is 7.98. The van der Waals surface area contributed by atoms with Crippen LogP contribution in [-0.2, 0) is 5.75 Å². The molecule has 1 fully saturated rings. The minimum Gasteiger partial charge on any atom is -0.508 e. The van der Waals surface area contributed by atoms with Crippen molar-refractivity contribution in [1.29, 1.82) is 0 Å². The molecule has 1 aromatic carbocycles. The first-order chi connectivity index (χ1) is 8.33. The molecular formula is C11H12N4OS. The van der Waals surface area contributed by atoms with E-state index in [4.69, 9.17) is 0 Å². The molecule has 0 atom stereocenters. The van der Waals surface area contributed by atoms with Crippen LogP contribution in [0.3, 0.4) is 0 Å². The second-order valence-corrected chi connectivity index (χ2v) is 5.10. The quantitative estimate of drug-likeness (QED) is 0.838. The van der Waals surface area contributed by atoms with Crippen molar-refractivity contribution >= 4 is 11.8 Å². The molecule has 1 aliphatic rings. The van der Waals surface area contributed by atoms with Crippen molar-refractivity contribution in [3.8, 4) is 5.75 Å². The fourth-order valence-electron chi connectivity index (χ4n) is 1.60. The number of hydrogen-bond acceptors (Lipinski definition) is 5. The summed E-state index contributed by atoms with van der Waals surface area (Å²) >= 11 is 1.67. The fraction of sp³-hybridized carbons (Fsp3) is 0.364. The Bertz CT molecular complexity index is 506. The normalized spacial score (nSPS) is 15.1. The molecule has 0 aliphatic heterocycles. The van der Waals surface area contributed by atoms with E-state index in [1.807, 2.05) is 16.8 Å². The van der Waals surface area contributed by atoms with Crippen LogP contribution >= 0.6 is 11.8 Å². The average molecular weight is 248 g/mol. The van der Waals surface area contributed by atoms with Gasteiger partial charge in [0.1, 0.15) is 5.75 Å². The first kappa shape index (κ1) is 10.6. The number of rotatable bonds is 4. The highest BCUT2D eigenvalue weighted by Gasteiger charge is 2.27. The van der Waals surface area contributed by atoms with E-state index in [2.05, 4.69) is 15.5 Å². The summed E-state index contributed by atoms with van der Waals surface area (Å²) in [5, 5.41) is 21.0. The second-order valence-electron chi connectivity index (χ2n) is 4.05. The van der Waals surface area contributed by atoms with Crippen molar-refractivity contribution < 1.29 is 5.11 Å². The maximum absolute atomic E-state index is 9.19. The number of aromatic nitrogens is 4. The predicted molar refractivity (Wildman–Crippen MR) is 63.8 cm³/mol. The van der Waals surface area contributed by atoms with Crippen molar-refractivity contribution in [2.24, 2.45) is 0 Å². The summed E-state index contributed by atoms with van der Waals surface area (Å²) in [6.07, 6.45) is 2.36. The maximum Gasteiger partial charge on any atom is 0.161 e. The number of nitrogens with zero attached hydrogens (tertiary/aromatic N) is 4. The zero-order valence-electron chi connectivity index (χ0n) is 9.15. The van der Waals surface area contributed by atoms with E-state index >= 15 is 0 Å². The smallest absolute Gasteiger partial charge is 0.161 e. The van der Waals surface area contributed by atoms with Gasteiger partial charge >= 0.3 is 0 Å². The molecule has 1 N–H and O–H groups in total. The van der Waals surface area contributed by atoms with E-state index < -0.39 is 0 Å². The number of thioether (sulfide) groups is 1. The Labute approximate surface area is 103 Å². The summed E-state index contributed by atoms with van der Waals surface area (Å²) in [4.78, 5) is 1.10. The fourth-order valence-corrected chi connectivity index (χ4v) is 2.41. The van der Waals surface area contributed by atoms with Crippen LogP contribution in [0.5, 0.6) is 5.75 Å². The van der Waals surface area contributed by atoms with E-state index in [9.17, 15) is 5.11 Å². The molecule has 1 aromatic heterocycles. The van der Waals surface area contributed by atoms with Crippen LogP contribution in [0, 0.1) is 0 Å². The minimum absolute atomic E-state index is 0.289. The summed E-state index contributed by atoms with van der Waals surface area (Å²) in [6, 6.07) is 7.68. The van der Waals surface area contributed by atoms with Crippen molar-refractivity contribution in [3.05, 3.63) is 30.1 Å². The standard InChI is InChI=1S/C11H12N4OS/c16-9-3-5-10(6-4-9)17-7-11-12-13-14-15(11)8-1-2-8/h3-6,8,16H,1-2,7H2. The number of aromatic hydroxyl groups is 1. The third-order valence-electron chi connectivity index (χ3n) is 2.66. The molecule has 88 valence electrons. The van der Waals surface area contributed by atoms with Crippen LogP contribution < -0.4 is 0 Å². The van der Waals surface area contributed by atoms with Crippen LogP contribution in [0.4, 0.5) is 0 Å². The number of benzene rings is 1.